The summed E-state index contributed by atoms with van der Waals surface area (Å²) in [6, 6.07) is 10.1. The fraction of sp³-hybridized carbons (Fsp3) is 0.500. The molecule has 2 fully saturated rings. The van der Waals surface area contributed by atoms with Gasteiger partial charge in [0.1, 0.15) is 0 Å². The smallest absolute Gasteiger partial charge is 0.227 e. The number of rotatable bonds is 4. The SMILES string of the molecule is c1ccc(Nc2ncc3c(n2)C2(CCN(CC4CC4)C2)COC3)cc1. The minimum atomic E-state index is 0.0402. The van der Waals surface area contributed by atoms with Gasteiger partial charge in [-0.2, -0.15) is 0 Å². The maximum atomic E-state index is 5.93. The van der Waals surface area contributed by atoms with Gasteiger partial charge >= 0.3 is 0 Å². The molecule has 1 N–H and O–H groups in total. The van der Waals surface area contributed by atoms with E-state index in [1.807, 2.05) is 36.5 Å². The van der Waals surface area contributed by atoms with Gasteiger partial charge in [-0.3, -0.25) is 0 Å². The van der Waals surface area contributed by atoms with Crippen LogP contribution >= 0.6 is 0 Å². The van der Waals surface area contributed by atoms with Gasteiger partial charge in [-0.15, -0.1) is 0 Å². The van der Waals surface area contributed by atoms with Gasteiger partial charge in [0.05, 0.1) is 24.3 Å². The average Bonchev–Trinajstić information content (AvgIpc) is 3.37. The van der Waals surface area contributed by atoms with Crippen LogP contribution in [0.5, 0.6) is 0 Å². The summed E-state index contributed by atoms with van der Waals surface area (Å²) in [5.74, 6) is 1.62. The van der Waals surface area contributed by atoms with Gasteiger partial charge in [0, 0.05) is 30.5 Å². The average molecular weight is 336 g/mol. The summed E-state index contributed by atoms with van der Waals surface area (Å²) in [6.45, 7) is 4.88. The third-order valence-electron chi connectivity index (χ3n) is 5.68. The second-order valence-electron chi connectivity index (χ2n) is 7.76. The molecule has 0 radical (unpaired) electrons. The highest BCUT2D eigenvalue weighted by atomic mass is 16.5. The number of benzene rings is 1. The molecule has 1 spiro atoms. The van der Waals surface area contributed by atoms with Crippen molar-refractivity contribution in [1.82, 2.24) is 14.9 Å². The lowest BCUT2D eigenvalue weighted by atomic mass is 9.80. The van der Waals surface area contributed by atoms with E-state index in [1.54, 1.807) is 0 Å². The summed E-state index contributed by atoms with van der Waals surface area (Å²) in [6.07, 6.45) is 5.89. The summed E-state index contributed by atoms with van der Waals surface area (Å²) in [7, 11) is 0. The van der Waals surface area contributed by atoms with Gasteiger partial charge in [-0.25, -0.2) is 9.97 Å². The van der Waals surface area contributed by atoms with Gasteiger partial charge in [-0.1, -0.05) is 18.2 Å². The van der Waals surface area contributed by atoms with Crippen molar-refractivity contribution in [2.24, 2.45) is 5.92 Å². The molecule has 3 heterocycles. The van der Waals surface area contributed by atoms with Crippen molar-refractivity contribution in [1.29, 1.82) is 0 Å². The Bertz CT molecular complexity index is 762. The summed E-state index contributed by atoms with van der Waals surface area (Å²) in [5, 5.41) is 3.34. The first-order valence-corrected chi connectivity index (χ1v) is 9.29. The number of para-hydroxylation sites is 1. The summed E-state index contributed by atoms with van der Waals surface area (Å²) >= 11 is 0. The van der Waals surface area contributed by atoms with Crippen LogP contribution in [0.15, 0.2) is 36.5 Å². The number of hydrogen-bond donors (Lipinski definition) is 1. The van der Waals surface area contributed by atoms with Crippen LogP contribution in [0.3, 0.4) is 0 Å². The number of aromatic nitrogens is 2. The van der Waals surface area contributed by atoms with Crippen molar-refractivity contribution in [3.8, 4) is 0 Å². The molecule has 1 saturated carbocycles. The van der Waals surface area contributed by atoms with Crippen LogP contribution in [-0.2, 0) is 16.8 Å². The molecule has 1 saturated heterocycles. The molecular formula is C20H24N4O. The largest absolute Gasteiger partial charge is 0.376 e. The molecule has 130 valence electrons. The number of hydrogen-bond acceptors (Lipinski definition) is 5. The molecule has 1 aromatic carbocycles. The molecule has 5 nitrogen and oxygen atoms in total. The molecular weight excluding hydrogens is 312 g/mol. The zero-order valence-electron chi connectivity index (χ0n) is 14.4. The first kappa shape index (κ1) is 15.3. The summed E-state index contributed by atoms with van der Waals surface area (Å²) in [4.78, 5) is 12.1. The van der Waals surface area contributed by atoms with E-state index in [1.165, 1.54) is 25.1 Å². The van der Waals surface area contributed by atoms with Crippen molar-refractivity contribution < 1.29 is 4.74 Å². The molecule has 5 heteroatoms. The second-order valence-corrected chi connectivity index (χ2v) is 7.76. The Balaban J connectivity index is 1.42. The Labute approximate surface area is 148 Å². The Morgan fingerprint density at radius 2 is 2.12 bits per heavy atom. The van der Waals surface area contributed by atoms with Crippen LogP contribution in [0.2, 0.25) is 0 Å². The molecule has 1 atom stereocenters. The Kier molecular flexibility index (Phi) is 3.71. The molecule has 1 unspecified atom stereocenters. The molecule has 1 aliphatic carbocycles. The van der Waals surface area contributed by atoms with Crippen molar-refractivity contribution in [3.63, 3.8) is 0 Å². The topological polar surface area (TPSA) is 50.3 Å². The highest BCUT2D eigenvalue weighted by Gasteiger charge is 2.45. The fourth-order valence-corrected chi connectivity index (χ4v) is 4.20. The lowest BCUT2D eigenvalue weighted by Gasteiger charge is -2.34. The summed E-state index contributed by atoms with van der Waals surface area (Å²) in [5.41, 5.74) is 3.41. The number of fused-ring (bicyclic) bond motifs is 2. The van der Waals surface area contributed by atoms with E-state index in [0.29, 0.717) is 12.6 Å². The molecule has 1 aromatic heterocycles. The third-order valence-corrected chi connectivity index (χ3v) is 5.68. The minimum absolute atomic E-state index is 0.0402. The lowest BCUT2D eigenvalue weighted by Crippen LogP contribution is -2.40. The maximum Gasteiger partial charge on any atom is 0.227 e. The molecule has 5 rings (SSSR count). The number of anilines is 2. The monoisotopic (exact) mass is 336 g/mol. The molecule has 0 amide bonds. The molecule has 2 aliphatic heterocycles. The van der Waals surface area contributed by atoms with Crippen molar-refractivity contribution >= 4 is 11.6 Å². The maximum absolute atomic E-state index is 5.93. The van der Waals surface area contributed by atoms with Crippen molar-refractivity contribution in [2.45, 2.75) is 31.3 Å². The van der Waals surface area contributed by atoms with Crippen LogP contribution < -0.4 is 5.32 Å². The van der Waals surface area contributed by atoms with E-state index < -0.39 is 0 Å². The van der Waals surface area contributed by atoms with Gasteiger partial charge in [0.2, 0.25) is 5.95 Å². The molecule has 3 aliphatic rings. The van der Waals surface area contributed by atoms with Crippen LogP contribution in [-0.4, -0.2) is 41.1 Å². The molecule has 2 aromatic rings. The summed E-state index contributed by atoms with van der Waals surface area (Å²) < 4.78 is 5.93. The Morgan fingerprint density at radius 1 is 1.24 bits per heavy atom. The molecule has 0 bridgehead atoms. The van der Waals surface area contributed by atoms with E-state index in [0.717, 1.165) is 43.3 Å². The highest BCUT2D eigenvalue weighted by Crippen LogP contribution is 2.41. The molecule has 25 heavy (non-hydrogen) atoms. The van der Waals surface area contributed by atoms with Gasteiger partial charge in [-0.05, 0) is 43.9 Å². The van der Waals surface area contributed by atoms with Crippen LogP contribution in [0.4, 0.5) is 11.6 Å². The number of nitrogens with one attached hydrogen (secondary N) is 1. The zero-order chi connectivity index (χ0) is 16.7. The zero-order valence-corrected chi connectivity index (χ0v) is 14.4. The van der Waals surface area contributed by atoms with Crippen LogP contribution in [0.1, 0.15) is 30.5 Å². The second kappa shape index (κ2) is 6.07. The predicted octanol–water partition coefficient (Wildman–Crippen LogP) is 3.10. The van der Waals surface area contributed by atoms with Crippen LogP contribution in [0, 0.1) is 5.92 Å². The highest BCUT2D eigenvalue weighted by molar-refractivity contribution is 5.53. The van der Waals surface area contributed by atoms with E-state index >= 15 is 0 Å². The van der Waals surface area contributed by atoms with Crippen molar-refractivity contribution in [2.75, 3.05) is 31.6 Å². The fourth-order valence-electron chi connectivity index (χ4n) is 4.20. The first-order valence-electron chi connectivity index (χ1n) is 9.29. The van der Waals surface area contributed by atoms with E-state index in [-0.39, 0.29) is 5.41 Å². The Morgan fingerprint density at radius 3 is 2.96 bits per heavy atom. The lowest BCUT2D eigenvalue weighted by molar-refractivity contribution is 0.0505. The minimum Gasteiger partial charge on any atom is -0.376 e. The van der Waals surface area contributed by atoms with Crippen molar-refractivity contribution in [3.05, 3.63) is 47.8 Å². The van der Waals surface area contributed by atoms with Gasteiger partial charge < -0.3 is 15.0 Å². The van der Waals surface area contributed by atoms with E-state index in [9.17, 15) is 0 Å². The van der Waals surface area contributed by atoms with E-state index in [4.69, 9.17) is 9.72 Å². The third kappa shape index (κ3) is 3.02. The van der Waals surface area contributed by atoms with Gasteiger partial charge in [0.25, 0.3) is 0 Å². The van der Waals surface area contributed by atoms with E-state index in [2.05, 4.69) is 15.2 Å². The standard InChI is InChI=1S/C20H24N4O/c1-2-4-17(5-3-1)22-19-21-10-16-12-25-14-20(18(16)23-19)8-9-24(13-20)11-15-6-7-15/h1-5,10,15H,6-9,11-14H2,(H,21,22,23). The van der Waals surface area contributed by atoms with Crippen LogP contribution in [0.25, 0.3) is 0 Å². The normalized spacial score (nSPS) is 25.9. The quantitative estimate of drug-likeness (QED) is 0.930. The predicted molar refractivity (Wildman–Crippen MR) is 96.9 cm³/mol. The number of ether oxygens (including phenoxy) is 1. The number of nitrogens with zero attached hydrogens (tertiary/aromatic N) is 3. The van der Waals surface area contributed by atoms with Gasteiger partial charge in [0.15, 0.2) is 0 Å². The number of likely N-dealkylation sites (tertiary alicyclic amines) is 1. The first-order chi connectivity index (χ1) is 12.3. The Hall–Kier alpha value is -1.98.